The number of hydrogen-bond acceptors (Lipinski definition) is 5. The molecule has 2 aromatic carbocycles. The van der Waals surface area contributed by atoms with Crippen LogP contribution in [0.3, 0.4) is 0 Å². The lowest BCUT2D eigenvalue weighted by molar-refractivity contribution is -0.384. The van der Waals surface area contributed by atoms with E-state index in [0.717, 1.165) is 39.6 Å². The van der Waals surface area contributed by atoms with Crippen LogP contribution >= 0.6 is 12.2 Å². The summed E-state index contributed by atoms with van der Waals surface area (Å²) >= 11 is 5.87. The fraction of sp³-hybridized carbons (Fsp3) is 0.214. The van der Waals surface area contributed by atoms with Crippen molar-refractivity contribution in [2.24, 2.45) is 0 Å². The summed E-state index contributed by atoms with van der Waals surface area (Å²) in [5.41, 5.74) is 6.78. The van der Waals surface area contributed by atoms with Gasteiger partial charge in [-0.25, -0.2) is 0 Å². The van der Waals surface area contributed by atoms with Crippen LogP contribution in [-0.2, 0) is 0 Å². The van der Waals surface area contributed by atoms with Gasteiger partial charge in [0.25, 0.3) is 5.69 Å². The molecule has 1 fully saturated rings. The van der Waals surface area contributed by atoms with Gasteiger partial charge >= 0.3 is 0 Å². The third kappa shape index (κ3) is 4.31. The second-order valence-electron chi connectivity index (χ2n) is 9.11. The molecule has 5 rings (SSSR count). The minimum absolute atomic E-state index is 0.0190. The summed E-state index contributed by atoms with van der Waals surface area (Å²) in [4.78, 5) is 17.7. The summed E-state index contributed by atoms with van der Waals surface area (Å²) in [5, 5.41) is 15.5. The molecule has 188 valence electrons. The van der Waals surface area contributed by atoms with Crippen molar-refractivity contribution >= 4 is 28.7 Å². The van der Waals surface area contributed by atoms with E-state index >= 15 is 0 Å². The fourth-order valence-corrected chi connectivity index (χ4v) is 5.50. The molecule has 0 saturated carbocycles. The minimum Gasteiger partial charge on any atom is -0.494 e. The number of methoxy groups -OCH3 is 1. The first kappa shape index (κ1) is 24.5. The number of hydrogen-bond donors (Lipinski definition) is 1. The fourth-order valence-electron chi connectivity index (χ4n) is 5.15. The predicted octanol–water partition coefficient (Wildman–Crippen LogP) is 5.89. The van der Waals surface area contributed by atoms with Crippen LogP contribution in [0.25, 0.3) is 5.69 Å². The molecule has 1 aliphatic rings. The quantitative estimate of drug-likeness (QED) is 0.195. The molecule has 4 aromatic rings. The Morgan fingerprint density at radius 3 is 2.54 bits per heavy atom. The standard InChI is InChI=1S/C28H27N5O3S/c1-17-8-7-9-20(14-17)32-27(26(30-28(32)37)23-10-5-6-13-29-23)22-15-18(2)31(19(22)3)24-12-11-21(33(34)35)16-25(24)36-4/h5-16,26-27H,1-4H3,(H,30,37)/t26-,27-/m1/s1. The second-order valence-corrected chi connectivity index (χ2v) is 9.50. The molecule has 9 heteroatoms. The van der Waals surface area contributed by atoms with Gasteiger partial charge in [-0.1, -0.05) is 18.2 Å². The lowest BCUT2D eigenvalue weighted by Gasteiger charge is -2.28. The largest absolute Gasteiger partial charge is 0.494 e. The normalized spacial score (nSPS) is 17.1. The van der Waals surface area contributed by atoms with E-state index in [1.807, 2.05) is 31.2 Å². The maximum Gasteiger partial charge on any atom is 0.273 e. The molecule has 0 spiro atoms. The number of rotatable bonds is 6. The average Bonchev–Trinajstić information content (AvgIpc) is 3.39. The van der Waals surface area contributed by atoms with Gasteiger partial charge in [0.1, 0.15) is 5.75 Å². The van der Waals surface area contributed by atoms with Gasteiger partial charge in [-0.05, 0) is 80.5 Å². The van der Waals surface area contributed by atoms with Crippen LogP contribution in [0.4, 0.5) is 11.4 Å². The Balaban J connectivity index is 1.69. The number of anilines is 1. The number of nitrogens with zero attached hydrogens (tertiary/aromatic N) is 4. The van der Waals surface area contributed by atoms with Crippen molar-refractivity contribution in [3.05, 3.63) is 111 Å². The molecule has 3 heterocycles. The molecule has 0 bridgehead atoms. The highest BCUT2D eigenvalue weighted by Gasteiger charge is 2.42. The summed E-state index contributed by atoms with van der Waals surface area (Å²) in [6.07, 6.45) is 1.79. The number of benzene rings is 2. The van der Waals surface area contributed by atoms with Crippen LogP contribution in [0.1, 0.15) is 40.3 Å². The van der Waals surface area contributed by atoms with Crippen LogP contribution in [-0.4, -0.2) is 26.7 Å². The molecule has 37 heavy (non-hydrogen) atoms. The van der Waals surface area contributed by atoms with E-state index in [1.165, 1.54) is 19.2 Å². The molecule has 1 saturated heterocycles. The lowest BCUT2D eigenvalue weighted by atomic mass is 9.96. The first-order valence-corrected chi connectivity index (χ1v) is 12.3. The first-order chi connectivity index (χ1) is 17.8. The second kappa shape index (κ2) is 9.67. The molecule has 8 nitrogen and oxygen atoms in total. The summed E-state index contributed by atoms with van der Waals surface area (Å²) in [6, 6.07) is 20.6. The average molecular weight is 514 g/mol. The van der Waals surface area contributed by atoms with Gasteiger partial charge < -0.3 is 19.5 Å². The highest BCUT2D eigenvalue weighted by molar-refractivity contribution is 7.80. The first-order valence-electron chi connectivity index (χ1n) is 11.9. The number of nitro groups is 1. The van der Waals surface area contributed by atoms with Gasteiger partial charge in [0.05, 0.1) is 41.6 Å². The van der Waals surface area contributed by atoms with Crippen molar-refractivity contribution in [1.82, 2.24) is 14.9 Å². The number of non-ortho nitro benzene ring substituents is 1. The molecule has 0 aliphatic carbocycles. The molecule has 0 unspecified atom stereocenters. The number of ether oxygens (including phenoxy) is 1. The van der Waals surface area contributed by atoms with Crippen LogP contribution < -0.4 is 15.0 Å². The van der Waals surface area contributed by atoms with Crippen LogP contribution in [0.2, 0.25) is 0 Å². The lowest BCUT2D eigenvalue weighted by Crippen LogP contribution is -2.29. The molecular weight excluding hydrogens is 486 g/mol. The van der Waals surface area contributed by atoms with Gasteiger partial charge in [0, 0.05) is 29.3 Å². The molecule has 0 radical (unpaired) electrons. The van der Waals surface area contributed by atoms with E-state index in [1.54, 1.807) is 12.3 Å². The van der Waals surface area contributed by atoms with Crippen molar-refractivity contribution in [3.8, 4) is 11.4 Å². The summed E-state index contributed by atoms with van der Waals surface area (Å²) in [7, 11) is 1.52. The SMILES string of the molecule is COc1cc([N+](=O)[O-])ccc1-n1c(C)cc([C@@H]2[C@@H](c3ccccn3)NC(=S)N2c2cccc(C)c2)c1C. The van der Waals surface area contributed by atoms with E-state index in [9.17, 15) is 10.1 Å². The van der Waals surface area contributed by atoms with E-state index in [0.29, 0.717) is 10.9 Å². The number of aryl methyl sites for hydroxylation is 2. The summed E-state index contributed by atoms with van der Waals surface area (Å²) < 4.78 is 7.64. The van der Waals surface area contributed by atoms with E-state index in [4.69, 9.17) is 17.0 Å². The zero-order valence-electron chi connectivity index (χ0n) is 21.0. The van der Waals surface area contributed by atoms with Crippen molar-refractivity contribution in [1.29, 1.82) is 0 Å². The number of pyridine rings is 1. The molecule has 2 aromatic heterocycles. The van der Waals surface area contributed by atoms with E-state index < -0.39 is 4.92 Å². The number of nitrogens with one attached hydrogen (secondary N) is 1. The van der Waals surface area contributed by atoms with Crippen LogP contribution in [0.15, 0.2) is 72.9 Å². The maximum atomic E-state index is 11.3. The minimum atomic E-state index is -0.421. The van der Waals surface area contributed by atoms with Crippen LogP contribution in [0.5, 0.6) is 5.75 Å². The van der Waals surface area contributed by atoms with Crippen molar-refractivity contribution in [2.45, 2.75) is 32.9 Å². The summed E-state index contributed by atoms with van der Waals surface area (Å²) in [6.45, 7) is 6.13. The van der Waals surface area contributed by atoms with Crippen molar-refractivity contribution < 1.29 is 9.66 Å². The monoisotopic (exact) mass is 513 g/mol. The van der Waals surface area contributed by atoms with Gasteiger partial charge in [0.2, 0.25) is 0 Å². The van der Waals surface area contributed by atoms with Gasteiger partial charge in [-0.2, -0.15) is 0 Å². The molecule has 0 amide bonds. The van der Waals surface area contributed by atoms with E-state index in [2.05, 4.69) is 57.9 Å². The van der Waals surface area contributed by atoms with Gasteiger partial charge in [0.15, 0.2) is 5.11 Å². The Hall–Kier alpha value is -4.24. The third-order valence-electron chi connectivity index (χ3n) is 6.78. The predicted molar refractivity (Wildman–Crippen MR) is 148 cm³/mol. The zero-order chi connectivity index (χ0) is 26.3. The van der Waals surface area contributed by atoms with E-state index in [-0.39, 0.29) is 17.8 Å². The van der Waals surface area contributed by atoms with Crippen LogP contribution in [0, 0.1) is 30.9 Å². The van der Waals surface area contributed by atoms with Crippen molar-refractivity contribution in [3.63, 3.8) is 0 Å². The molecule has 2 atom stereocenters. The van der Waals surface area contributed by atoms with Gasteiger partial charge in [-0.3, -0.25) is 15.1 Å². The highest BCUT2D eigenvalue weighted by atomic mass is 32.1. The molecular formula is C28H27N5O3S. The van der Waals surface area contributed by atoms with Crippen molar-refractivity contribution in [2.75, 3.05) is 12.0 Å². The zero-order valence-corrected chi connectivity index (χ0v) is 21.8. The highest BCUT2D eigenvalue weighted by Crippen LogP contribution is 2.44. The number of aromatic nitrogens is 2. The number of nitro benzene ring substituents is 1. The molecule has 1 N–H and O–H groups in total. The topological polar surface area (TPSA) is 85.5 Å². The molecule has 1 aliphatic heterocycles. The Labute approximate surface area is 220 Å². The summed E-state index contributed by atoms with van der Waals surface area (Å²) in [5.74, 6) is 0.430. The number of thiocarbonyl (C=S) groups is 1. The Kier molecular flexibility index (Phi) is 6.39. The Morgan fingerprint density at radius 1 is 1.05 bits per heavy atom. The maximum absolute atomic E-state index is 11.3. The third-order valence-corrected chi connectivity index (χ3v) is 7.10. The smallest absolute Gasteiger partial charge is 0.273 e. The Bertz CT molecular complexity index is 1500. The van der Waals surface area contributed by atoms with Gasteiger partial charge in [-0.15, -0.1) is 0 Å². The Morgan fingerprint density at radius 2 is 1.86 bits per heavy atom.